The molecule has 4 heteroatoms. The van der Waals surface area contributed by atoms with Crippen molar-refractivity contribution in [2.75, 3.05) is 26.7 Å². The Balaban J connectivity index is 3.64. The molecule has 0 rings (SSSR count). The molecule has 0 aliphatic carbocycles. The van der Waals surface area contributed by atoms with E-state index in [9.17, 15) is 4.79 Å². The van der Waals surface area contributed by atoms with Crippen LogP contribution in [-0.2, 0) is 4.79 Å². The SMILES string of the molecule is CCN(C)CCNC(=O)[C@H](N)CC(C)C. The zero-order chi connectivity index (χ0) is 11.8. The zero-order valence-corrected chi connectivity index (χ0v) is 10.4. The average Bonchev–Trinajstić information content (AvgIpc) is 2.16. The molecule has 0 unspecified atom stereocenters. The van der Waals surface area contributed by atoms with Gasteiger partial charge in [-0.1, -0.05) is 20.8 Å². The molecule has 0 fully saturated rings. The molecule has 0 aromatic rings. The number of carbonyl (C=O) groups excluding carboxylic acids is 1. The van der Waals surface area contributed by atoms with E-state index in [-0.39, 0.29) is 11.9 Å². The second-order valence-corrected chi connectivity index (χ2v) is 4.42. The molecule has 0 radical (unpaired) electrons. The molecule has 1 amide bonds. The highest BCUT2D eigenvalue weighted by atomic mass is 16.2. The number of rotatable bonds is 7. The van der Waals surface area contributed by atoms with Crippen molar-refractivity contribution in [3.8, 4) is 0 Å². The van der Waals surface area contributed by atoms with E-state index in [1.807, 2.05) is 7.05 Å². The van der Waals surface area contributed by atoms with Crippen LogP contribution in [0.5, 0.6) is 0 Å². The molecule has 0 aromatic heterocycles. The Labute approximate surface area is 93.2 Å². The summed E-state index contributed by atoms with van der Waals surface area (Å²) in [5, 5.41) is 2.85. The molecule has 0 bridgehead atoms. The maximum absolute atomic E-state index is 11.5. The minimum atomic E-state index is -0.364. The van der Waals surface area contributed by atoms with E-state index < -0.39 is 0 Å². The average molecular weight is 215 g/mol. The van der Waals surface area contributed by atoms with Gasteiger partial charge in [0, 0.05) is 13.1 Å². The van der Waals surface area contributed by atoms with Crippen LogP contribution in [0.1, 0.15) is 27.2 Å². The summed E-state index contributed by atoms with van der Waals surface area (Å²) in [5.41, 5.74) is 5.74. The quantitative estimate of drug-likeness (QED) is 0.647. The summed E-state index contributed by atoms with van der Waals surface area (Å²) in [6.45, 7) is 8.77. The van der Waals surface area contributed by atoms with E-state index in [0.29, 0.717) is 12.5 Å². The number of nitrogens with zero attached hydrogens (tertiary/aromatic N) is 1. The molecule has 4 nitrogen and oxygen atoms in total. The fourth-order valence-corrected chi connectivity index (χ4v) is 1.27. The van der Waals surface area contributed by atoms with Crippen LogP contribution in [0.15, 0.2) is 0 Å². The van der Waals surface area contributed by atoms with Crippen LogP contribution < -0.4 is 11.1 Å². The molecular weight excluding hydrogens is 190 g/mol. The van der Waals surface area contributed by atoms with Crippen molar-refractivity contribution >= 4 is 5.91 Å². The highest BCUT2D eigenvalue weighted by Gasteiger charge is 2.13. The van der Waals surface area contributed by atoms with Crippen LogP contribution >= 0.6 is 0 Å². The standard InChI is InChI=1S/C11H25N3O/c1-5-14(4)7-6-13-11(15)10(12)8-9(2)3/h9-10H,5-8,12H2,1-4H3,(H,13,15)/t10-/m1/s1. The van der Waals surface area contributed by atoms with Gasteiger partial charge < -0.3 is 16.0 Å². The van der Waals surface area contributed by atoms with E-state index in [1.54, 1.807) is 0 Å². The maximum atomic E-state index is 11.5. The Bertz CT molecular complexity index is 183. The van der Waals surface area contributed by atoms with Gasteiger partial charge in [0.1, 0.15) is 0 Å². The van der Waals surface area contributed by atoms with E-state index in [0.717, 1.165) is 19.5 Å². The third kappa shape index (κ3) is 7.33. The van der Waals surface area contributed by atoms with Gasteiger partial charge in [0.25, 0.3) is 0 Å². The summed E-state index contributed by atoms with van der Waals surface area (Å²) in [6, 6.07) is -0.364. The minimum Gasteiger partial charge on any atom is -0.353 e. The fourth-order valence-electron chi connectivity index (χ4n) is 1.27. The van der Waals surface area contributed by atoms with Gasteiger partial charge in [-0.25, -0.2) is 0 Å². The number of hydrogen-bond donors (Lipinski definition) is 2. The maximum Gasteiger partial charge on any atom is 0.236 e. The van der Waals surface area contributed by atoms with Gasteiger partial charge in [0.2, 0.25) is 5.91 Å². The van der Waals surface area contributed by atoms with E-state index in [4.69, 9.17) is 5.73 Å². The van der Waals surface area contributed by atoms with Crippen molar-refractivity contribution in [1.29, 1.82) is 0 Å². The summed E-state index contributed by atoms with van der Waals surface area (Å²) in [4.78, 5) is 13.6. The van der Waals surface area contributed by atoms with Crippen LogP contribution in [0.25, 0.3) is 0 Å². The van der Waals surface area contributed by atoms with Crippen molar-refractivity contribution in [3.05, 3.63) is 0 Å². The lowest BCUT2D eigenvalue weighted by Gasteiger charge is -2.17. The Morgan fingerprint density at radius 1 is 1.47 bits per heavy atom. The molecule has 0 saturated heterocycles. The first kappa shape index (κ1) is 14.4. The van der Waals surface area contributed by atoms with E-state index in [1.165, 1.54) is 0 Å². The highest BCUT2D eigenvalue weighted by Crippen LogP contribution is 2.02. The van der Waals surface area contributed by atoms with Gasteiger partial charge in [0.15, 0.2) is 0 Å². The molecule has 0 spiro atoms. The van der Waals surface area contributed by atoms with Gasteiger partial charge >= 0.3 is 0 Å². The number of carbonyl (C=O) groups is 1. The Morgan fingerprint density at radius 3 is 2.53 bits per heavy atom. The van der Waals surface area contributed by atoms with Gasteiger partial charge in [-0.3, -0.25) is 4.79 Å². The number of likely N-dealkylation sites (N-methyl/N-ethyl adjacent to an activating group) is 1. The fraction of sp³-hybridized carbons (Fsp3) is 0.909. The van der Waals surface area contributed by atoms with Crippen LogP contribution in [0, 0.1) is 5.92 Å². The molecule has 0 aliphatic rings. The molecule has 15 heavy (non-hydrogen) atoms. The van der Waals surface area contributed by atoms with Crippen LogP contribution in [0.2, 0.25) is 0 Å². The van der Waals surface area contributed by atoms with Crippen LogP contribution in [0.4, 0.5) is 0 Å². The summed E-state index contributed by atoms with van der Waals surface area (Å²) < 4.78 is 0. The molecule has 0 aromatic carbocycles. The van der Waals surface area contributed by atoms with Crippen molar-refractivity contribution in [2.45, 2.75) is 33.2 Å². The van der Waals surface area contributed by atoms with Gasteiger partial charge in [-0.2, -0.15) is 0 Å². The number of amides is 1. The molecule has 90 valence electrons. The van der Waals surface area contributed by atoms with Crippen LogP contribution in [0.3, 0.4) is 0 Å². The van der Waals surface area contributed by atoms with Crippen molar-refractivity contribution in [1.82, 2.24) is 10.2 Å². The summed E-state index contributed by atoms with van der Waals surface area (Å²) in [7, 11) is 2.03. The second-order valence-electron chi connectivity index (χ2n) is 4.42. The molecule has 0 aliphatic heterocycles. The lowest BCUT2D eigenvalue weighted by Crippen LogP contribution is -2.43. The predicted molar refractivity (Wildman–Crippen MR) is 63.6 cm³/mol. The molecule has 3 N–H and O–H groups in total. The summed E-state index contributed by atoms with van der Waals surface area (Å²) >= 11 is 0. The molecule has 0 heterocycles. The Morgan fingerprint density at radius 2 is 2.07 bits per heavy atom. The van der Waals surface area contributed by atoms with Crippen molar-refractivity contribution in [2.24, 2.45) is 11.7 Å². The normalized spacial score (nSPS) is 13.3. The van der Waals surface area contributed by atoms with Crippen molar-refractivity contribution < 1.29 is 4.79 Å². The third-order valence-corrected chi connectivity index (χ3v) is 2.39. The highest BCUT2D eigenvalue weighted by molar-refractivity contribution is 5.81. The first-order valence-corrected chi connectivity index (χ1v) is 5.69. The Hall–Kier alpha value is -0.610. The zero-order valence-electron chi connectivity index (χ0n) is 10.4. The predicted octanol–water partition coefficient (Wildman–Crippen LogP) is 0.428. The smallest absolute Gasteiger partial charge is 0.236 e. The second kappa shape index (κ2) is 7.65. The first-order chi connectivity index (χ1) is 6.97. The number of nitrogens with one attached hydrogen (secondary N) is 1. The van der Waals surface area contributed by atoms with Crippen molar-refractivity contribution in [3.63, 3.8) is 0 Å². The Kier molecular flexibility index (Phi) is 7.34. The van der Waals surface area contributed by atoms with Gasteiger partial charge in [-0.15, -0.1) is 0 Å². The number of nitrogens with two attached hydrogens (primary N) is 1. The largest absolute Gasteiger partial charge is 0.353 e. The minimum absolute atomic E-state index is 0.0341. The summed E-state index contributed by atoms with van der Waals surface area (Å²) in [6.07, 6.45) is 0.745. The molecule has 1 atom stereocenters. The molecular formula is C11H25N3O. The van der Waals surface area contributed by atoms with Crippen LogP contribution in [-0.4, -0.2) is 43.5 Å². The third-order valence-electron chi connectivity index (χ3n) is 2.39. The monoisotopic (exact) mass is 215 g/mol. The number of hydrogen-bond acceptors (Lipinski definition) is 3. The van der Waals surface area contributed by atoms with Gasteiger partial charge in [0.05, 0.1) is 6.04 Å². The molecule has 0 saturated carbocycles. The summed E-state index contributed by atoms with van der Waals surface area (Å²) in [5.74, 6) is 0.428. The van der Waals surface area contributed by atoms with Gasteiger partial charge in [-0.05, 0) is 25.9 Å². The topological polar surface area (TPSA) is 58.4 Å². The van der Waals surface area contributed by atoms with E-state index in [2.05, 4.69) is 31.0 Å². The lowest BCUT2D eigenvalue weighted by atomic mass is 10.0. The first-order valence-electron chi connectivity index (χ1n) is 5.69. The van der Waals surface area contributed by atoms with E-state index >= 15 is 0 Å². The lowest BCUT2D eigenvalue weighted by molar-refractivity contribution is -0.122.